The molecule has 1 aromatic heterocycles. The molecule has 5 aromatic carbocycles. The van der Waals surface area contributed by atoms with Crippen LogP contribution < -0.4 is 5.73 Å². The molecule has 0 fully saturated rings. The highest BCUT2D eigenvalue weighted by atomic mass is 15.1. The number of nitrogens with zero attached hydrogens (tertiary/aromatic N) is 1. The van der Waals surface area contributed by atoms with Crippen molar-refractivity contribution < 1.29 is 0 Å². The van der Waals surface area contributed by atoms with Crippen molar-refractivity contribution >= 4 is 27.5 Å². The minimum atomic E-state index is -0.146. The van der Waals surface area contributed by atoms with Gasteiger partial charge in [0.1, 0.15) is 0 Å². The van der Waals surface area contributed by atoms with Gasteiger partial charge in [-0.15, -0.1) is 0 Å². The number of allylic oxidation sites excluding steroid dienone is 4. The monoisotopic (exact) mass is 502 g/mol. The van der Waals surface area contributed by atoms with Gasteiger partial charge in [-0.25, -0.2) is 0 Å². The molecule has 2 heteroatoms. The molecule has 0 aliphatic heterocycles. The highest BCUT2D eigenvalue weighted by Crippen LogP contribution is 2.41. The molecule has 0 saturated carbocycles. The molecule has 1 aliphatic rings. The maximum absolute atomic E-state index is 5.95. The molecule has 188 valence electrons. The Hall–Kier alpha value is -4.82. The largest absolute Gasteiger partial charge is 0.399 e. The fraction of sp³-hybridized carbons (Fsp3) is 0.0811. The predicted octanol–water partition coefficient (Wildman–Crippen LogP) is 9.61. The Morgan fingerprint density at radius 2 is 1.15 bits per heavy atom. The third-order valence-electron chi connectivity index (χ3n) is 8.08. The van der Waals surface area contributed by atoms with E-state index in [1.807, 2.05) is 12.1 Å². The predicted molar refractivity (Wildman–Crippen MR) is 167 cm³/mol. The fourth-order valence-corrected chi connectivity index (χ4v) is 5.97. The Balaban J connectivity index is 1.40. The highest BCUT2D eigenvalue weighted by Gasteiger charge is 2.28. The van der Waals surface area contributed by atoms with E-state index in [4.69, 9.17) is 5.73 Å². The van der Waals surface area contributed by atoms with Crippen molar-refractivity contribution in [2.45, 2.75) is 18.9 Å². The lowest BCUT2D eigenvalue weighted by Crippen LogP contribution is -2.27. The molecule has 1 unspecified atom stereocenters. The van der Waals surface area contributed by atoms with E-state index in [0.717, 1.165) is 12.1 Å². The van der Waals surface area contributed by atoms with Crippen LogP contribution in [-0.4, -0.2) is 4.57 Å². The van der Waals surface area contributed by atoms with Crippen LogP contribution in [0.5, 0.6) is 0 Å². The first kappa shape index (κ1) is 23.3. The van der Waals surface area contributed by atoms with Crippen LogP contribution in [0.2, 0.25) is 0 Å². The summed E-state index contributed by atoms with van der Waals surface area (Å²) in [5, 5.41) is 2.55. The molecule has 0 amide bonds. The van der Waals surface area contributed by atoms with Gasteiger partial charge in [-0.05, 0) is 77.1 Å². The molecule has 7 rings (SSSR count). The topological polar surface area (TPSA) is 30.9 Å². The fourth-order valence-electron chi connectivity index (χ4n) is 5.97. The first-order chi connectivity index (χ1) is 19.1. The standard InChI is InChI=1S/C37H30N2/c1-37(22-6-3-7-23-37)39-35-21-17-30(29-14-18-32(38)19-15-29)24-34(35)33-20-16-31(25-36(33)39)28-12-10-27(11-13-28)26-8-4-2-5-9-26/h2-22,24-25H,23,38H2,1H3. The van der Waals surface area contributed by atoms with Gasteiger partial charge in [0.2, 0.25) is 0 Å². The van der Waals surface area contributed by atoms with Gasteiger partial charge in [-0.2, -0.15) is 0 Å². The van der Waals surface area contributed by atoms with E-state index in [0.29, 0.717) is 0 Å². The molecule has 39 heavy (non-hydrogen) atoms. The lowest BCUT2D eigenvalue weighted by molar-refractivity contribution is 0.437. The molecule has 0 radical (unpaired) electrons. The van der Waals surface area contributed by atoms with Crippen LogP contribution in [0.1, 0.15) is 13.3 Å². The molecular weight excluding hydrogens is 472 g/mol. The van der Waals surface area contributed by atoms with Gasteiger partial charge in [0.05, 0.1) is 11.1 Å². The van der Waals surface area contributed by atoms with Crippen molar-refractivity contribution in [2.75, 3.05) is 5.73 Å². The molecule has 1 heterocycles. The zero-order chi connectivity index (χ0) is 26.4. The van der Waals surface area contributed by atoms with Crippen LogP contribution in [0.25, 0.3) is 55.2 Å². The molecule has 2 N–H and O–H groups in total. The molecule has 1 aliphatic carbocycles. The number of aromatic nitrogens is 1. The van der Waals surface area contributed by atoms with Crippen LogP contribution in [0.3, 0.4) is 0 Å². The second kappa shape index (κ2) is 9.18. The minimum absolute atomic E-state index is 0.146. The van der Waals surface area contributed by atoms with Gasteiger partial charge >= 0.3 is 0 Å². The maximum atomic E-state index is 5.95. The SMILES string of the molecule is CC1(n2c3ccc(-c4ccc(N)cc4)cc3c3ccc(-c4ccc(-c5ccccc5)cc4)cc32)C=CC=CC1. The molecule has 1 atom stereocenters. The summed E-state index contributed by atoms with van der Waals surface area (Å²) in [5.41, 5.74) is 16.4. The first-order valence-electron chi connectivity index (χ1n) is 13.5. The Labute approximate surface area is 229 Å². The number of hydrogen-bond acceptors (Lipinski definition) is 1. The van der Waals surface area contributed by atoms with Crippen molar-refractivity contribution in [1.82, 2.24) is 4.57 Å². The zero-order valence-electron chi connectivity index (χ0n) is 22.0. The van der Waals surface area contributed by atoms with Gasteiger partial charge in [0, 0.05) is 22.0 Å². The number of fused-ring (bicyclic) bond motifs is 3. The summed E-state index contributed by atoms with van der Waals surface area (Å²) in [4.78, 5) is 0. The average Bonchev–Trinajstić information content (AvgIpc) is 3.32. The Kier molecular flexibility index (Phi) is 5.49. The van der Waals surface area contributed by atoms with E-state index in [1.54, 1.807) is 0 Å². The van der Waals surface area contributed by atoms with Crippen molar-refractivity contribution in [3.05, 3.63) is 140 Å². The second-order valence-electron chi connectivity index (χ2n) is 10.7. The van der Waals surface area contributed by atoms with Gasteiger partial charge in [-0.1, -0.05) is 109 Å². The van der Waals surface area contributed by atoms with E-state index in [2.05, 4.69) is 139 Å². The van der Waals surface area contributed by atoms with Gasteiger partial charge in [0.25, 0.3) is 0 Å². The van der Waals surface area contributed by atoms with Gasteiger partial charge in [-0.3, -0.25) is 0 Å². The maximum Gasteiger partial charge on any atom is 0.0643 e. The average molecular weight is 503 g/mol. The quantitative estimate of drug-likeness (QED) is 0.239. The van der Waals surface area contributed by atoms with Crippen LogP contribution in [0.4, 0.5) is 5.69 Å². The van der Waals surface area contributed by atoms with Crippen molar-refractivity contribution in [2.24, 2.45) is 0 Å². The van der Waals surface area contributed by atoms with Gasteiger partial charge < -0.3 is 10.3 Å². The van der Waals surface area contributed by atoms with E-state index in [1.165, 1.54) is 55.2 Å². The van der Waals surface area contributed by atoms with Gasteiger partial charge in [0.15, 0.2) is 0 Å². The molecule has 0 bridgehead atoms. The number of rotatable bonds is 4. The third kappa shape index (κ3) is 4.06. The van der Waals surface area contributed by atoms with Crippen molar-refractivity contribution in [1.29, 1.82) is 0 Å². The van der Waals surface area contributed by atoms with E-state index in [-0.39, 0.29) is 5.54 Å². The Morgan fingerprint density at radius 1 is 0.564 bits per heavy atom. The van der Waals surface area contributed by atoms with Crippen molar-refractivity contribution in [3.8, 4) is 33.4 Å². The van der Waals surface area contributed by atoms with Crippen molar-refractivity contribution in [3.63, 3.8) is 0 Å². The smallest absolute Gasteiger partial charge is 0.0643 e. The summed E-state index contributed by atoms with van der Waals surface area (Å²) in [7, 11) is 0. The number of anilines is 1. The summed E-state index contributed by atoms with van der Waals surface area (Å²) in [6.07, 6.45) is 9.89. The number of benzene rings is 5. The van der Waals surface area contributed by atoms with Crippen LogP contribution >= 0.6 is 0 Å². The highest BCUT2D eigenvalue weighted by molar-refractivity contribution is 6.10. The van der Waals surface area contributed by atoms with E-state index < -0.39 is 0 Å². The molecular formula is C37H30N2. The molecule has 0 saturated heterocycles. The number of hydrogen-bond donors (Lipinski definition) is 1. The third-order valence-corrected chi connectivity index (χ3v) is 8.08. The summed E-state index contributed by atoms with van der Waals surface area (Å²) in [6, 6.07) is 41.4. The summed E-state index contributed by atoms with van der Waals surface area (Å²) in [5.74, 6) is 0. The van der Waals surface area contributed by atoms with Crippen LogP contribution in [0, 0.1) is 0 Å². The summed E-state index contributed by atoms with van der Waals surface area (Å²) in [6.45, 7) is 2.33. The Bertz CT molecular complexity index is 1870. The van der Waals surface area contributed by atoms with E-state index >= 15 is 0 Å². The lowest BCUT2D eigenvalue weighted by Gasteiger charge is -2.31. The van der Waals surface area contributed by atoms with Crippen LogP contribution in [0.15, 0.2) is 140 Å². The lowest BCUT2D eigenvalue weighted by atomic mass is 9.92. The Morgan fingerprint density at radius 3 is 1.85 bits per heavy atom. The first-order valence-corrected chi connectivity index (χ1v) is 13.5. The number of nitrogen functional groups attached to an aromatic ring is 1. The summed E-state index contributed by atoms with van der Waals surface area (Å²) < 4.78 is 2.53. The summed E-state index contributed by atoms with van der Waals surface area (Å²) >= 11 is 0. The molecule has 2 nitrogen and oxygen atoms in total. The second-order valence-corrected chi connectivity index (χ2v) is 10.7. The minimum Gasteiger partial charge on any atom is -0.399 e. The zero-order valence-corrected chi connectivity index (χ0v) is 22.0. The van der Waals surface area contributed by atoms with Crippen LogP contribution in [-0.2, 0) is 5.54 Å². The number of nitrogens with two attached hydrogens (primary N) is 1. The molecule has 0 spiro atoms. The van der Waals surface area contributed by atoms with E-state index in [9.17, 15) is 0 Å². The normalized spacial score (nSPS) is 16.7. The molecule has 6 aromatic rings.